The van der Waals surface area contributed by atoms with Crippen molar-refractivity contribution in [2.75, 3.05) is 6.54 Å². The second kappa shape index (κ2) is 6.95. The van der Waals surface area contributed by atoms with Crippen LogP contribution in [-0.4, -0.2) is 27.7 Å². The van der Waals surface area contributed by atoms with E-state index in [1.54, 1.807) is 35.2 Å². The van der Waals surface area contributed by atoms with Gasteiger partial charge >= 0.3 is 0 Å². The van der Waals surface area contributed by atoms with Crippen LogP contribution >= 0.6 is 0 Å². The average molecular weight is 362 g/mol. The van der Waals surface area contributed by atoms with Gasteiger partial charge in [-0.2, -0.15) is 0 Å². The van der Waals surface area contributed by atoms with Gasteiger partial charge in [-0.1, -0.05) is 6.07 Å². The number of fused-ring (bicyclic) bond motifs is 2. The normalized spacial score (nSPS) is 11.0. The lowest BCUT2D eigenvalue weighted by molar-refractivity contribution is 0.0940. The van der Waals surface area contributed by atoms with Crippen LogP contribution in [0.3, 0.4) is 0 Å². The smallest absolute Gasteiger partial charge is 0.271 e. The molecule has 0 saturated heterocycles. The highest BCUT2D eigenvalue weighted by atomic mass is 16.3. The Hall–Kier alpha value is -3.61. The fourth-order valence-electron chi connectivity index (χ4n) is 2.95. The Balaban J connectivity index is 1.53. The molecule has 0 fully saturated rings. The fourth-order valence-corrected chi connectivity index (χ4v) is 2.95. The van der Waals surface area contributed by atoms with Crippen molar-refractivity contribution >= 4 is 28.4 Å². The summed E-state index contributed by atoms with van der Waals surface area (Å²) in [5, 5.41) is 6.60. The van der Waals surface area contributed by atoms with E-state index in [1.807, 2.05) is 31.2 Å². The number of hydrogen-bond acceptors (Lipinski definition) is 4. The third-order valence-corrected chi connectivity index (χ3v) is 4.27. The number of aromatic nitrogens is 2. The summed E-state index contributed by atoms with van der Waals surface area (Å²) in [6.45, 7) is 2.75. The number of amides is 2. The van der Waals surface area contributed by atoms with Crippen LogP contribution in [0.25, 0.3) is 16.6 Å². The highest BCUT2D eigenvalue weighted by molar-refractivity contribution is 6.01. The van der Waals surface area contributed by atoms with E-state index < -0.39 is 0 Å². The Kier molecular flexibility index (Phi) is 4.33. The summed E-state index contributed by atoms with van der Waals surface area (Å²) in [5.41, 5.74) is 2.92. The summed E-state index contributed by atoms with van der Waals surface area (Å²) < 4.78 is 6.99. The molecule has 0 saturated carbocycles. The number of benzene rings is 1. The number of nitrogens with zero attached hydrogens (tertiary/aromatic N) is 2. The lowest BCUT2D eigenvalue weighted by Crippen LogP contribution is -2.24. The SMILES string of the molecule is CCNC(=O)c1cccn2cc(C(=O)NCc3ccc4occc4c3)nc12. The Bertz CT molecular complexity index is 1140. The molecule has 7 nitrogen and oxygen atoms in total. The molecule has 4 rings (SSSR count). The van der Waals surface area contributed by atoms with Gasteiger partial charge in [0, 0.05) is 30.9 Å². The minimum atomic E-state index is -0.298. The van der Waals surface area contributed by atoms with Crippen LogP contribution in [0, 0.1) is 0 Å². The van der Waals surface area contributed by atoms with Crippen LogP contribution in [0.1, 0.15) is 33.3 Å². The lowest BCUT2D eigenvalue weighted by atomic mass is 10.1. The van der Waals surface area contributed by atoms with Gasteiger partial charge in [-0.15, -0.1) is 0 Å². The van der Waals surface area contributed by atoms with Crippen molar-refractivity contribution in [3.8, 4) is 0 Å². The Morgan fingerprint density at radius 1 is 1.15 bits per heavy atom. The molecule has 0 aliphatic carbocycles. The predicted octanol–water partition coefficient (Wildman–Crippen LogP) is 2.76. The summed E-state index contributed by atoms with van der Waals surface area (Å²) in [4.78, 5) is 29.0. The van der Waals surface area contributed by atoms with Crippen molar-refractivity contribution in [3.63, 3.8) is 0 Å². The molecule has 136 valence electrons. The van der Waals surface area contributed by atoms with Crippen LogP contribution in [0.2, 0.25) is 0 Å². The zero-order valence-electron chi connectivity index (χ0n) is 14.7. The number of imidazole rings is 1. The molecule has 3 aromatic heterocycles. The molecule has 4 aromatic rings. The maximum absolute atomic E-state index is 12.5. The number of hydrogen-bond donors (Lipinski definition) is 2. The second-order valence-electron chi connectivity index (χ2n) is 6.11. The zero-order chi connectivity index (χ0) is 18.8. The molecule has 3 heterocycles. The molecular weight excluding hydrogens is 344 g/mol. The van der Waals surface area contributed by atoms with Crippen LogP contribution < -0.4 is 10.6 Å². The zero-order valence-corrected chi connectivity index (χ0v) is 14.7. The molecule has 27 heavy (non-hydrogen) atoms. The first-order valence-corrected chi connectivity index (χ1v) is 8.66. The molecule has 2 N–H and O–H groups in total. The van der Waals surface area contributed by atoms with Gasteiger partial charge in [0.05, 0.1) is 11.8 Å². The number of carbonyl (C=O) groups is 2. The molecule has 0 atom stereocenters. The molecule has 0 bridgehead atoms. The van der Waals surface area contributed by atoms with Gasteiger partial charge in [-0.25, -0.2) is 4.98 Å². The Morgan fingerprint density at radius 2 is 2.04 bits per heavy atom. The third-order valence-electron chi connectivity index (χ3n) is 4.27. The third kappa shape index (κ3) is 3.27. The Labute approximate surface area is 155 Å². The first-order chi connectivity index (χ1) is 13.2. The minimum absolute atomic E-state index is 0.214. The van der Waals surface area contributed by atoms with Gasteiger partial charge < -0.3 is 19.5 Å². The van der Waals surface area contributed by atoms with Crippen LogP contribution in [0.5, 0.6) is 0 Å². The van der Waals surface area contributed by atoms with Crippen molar-refractivity contribution in [2.45, 2.75) is 13.5 Å². The molecular formula is C20H18N4O3. The summed E-state index contributed by atoms with van der Waals surface area (Å²) in [7, 11) is 0. The van der Waals surface area contributed by atoms with Crippen molar-refractivity contribution in [2.24, 2.45) is 0 Å². The first-order valence-electron chi connectivity index (χ1n) is 8.66. The van der Waals surface area contributed by atoms with Gasteiger partial charge in [0.2, 0.25) is 0 Å². The van der Waals surface area contributed by atoms with Crippen LogP contribution in [0.15, 0.2) is 59.5 Å². The second-order valence-corrected chi connectivity index (χ2v) is 6.11. The summed E-state index contributed by atoms with van der Waals surface area (Å²) in [5.74, 6) is -0.512. The van der Waals surface area contributed by atoms with E-state index in [9.17, 15) is 9.59 Å². The predicted molar refractivity (Wildman–Crippen MR) is 101 cm³/mol. The first kappa shape index (κ1) is 16.8. The van der Waals surface area contributed by atoms with E-state index >= 15 is 0 Å². The summed E-state index contributed by atoms with van der Waals surface area (Å²) >= 11 is 0. The highest BCUT2D eigenvalue weighted by Crippen LogP contribution is 2.17. The fraction of sp³-hybridized carbons (Fsp3) is 0.150. The van der Waals surface area contributed by atoms with E-state index in [4.69, 9.17) is 4.42 Å². The van der Waals surface area contributed by atoms with Crippen molar-refractivity contribution in [1.29, 1.82) is 0 Å². The Morgan fingerprint density at radius 3 is 2.89 bits per heavy atom. The van der Waals surface area contributed by atoms with Gasteiger partial charge in [0.1, 0.15) is 11.3 Å². The summed E-state index contributed by atoms with van der Waals surface area (Å²) in [6, 6.07) is 11.1. The van der Waals surface area contributed by atoms with Crippen LogP contribution in [-0.2, 0) is 6.54 Å². The van der Waals surface area contributed by atoms with E-state index in [-0.39, 0.29) is 17.5 Å². The molecule has 0 radical (unpaired) electrons. The maximum Gasteiger partial charge on any atom is 0.271 e. The van der Waals surface area contributed by atoms with E-state index in [2.05, 4.69) is 15.6 Å². The monoisotopic (exact) mass is 362 g/mol. The topological polar surface area (TPSA) is 88.6 Å². The number of carbonyl (C=O) groups excluding carboxylic acids is 2. The highest BCUT2D eigenvalue weighted by Gasteiger charge is 2.16. The standard InChI is InChI=1S/C20H18N4O3/c1-2-21-19(25)15-4-3-8-24-12-16(23-18(15)24)20(26)22-11-13-5-6-17-14(10-13)7-9-27-17/h3-10,12H,2,11H2,1H3,(H,21,25)(H,22,26). The molecule has 7 heteroatoms. The quantitative estimate of drug-likeness (QED) is 0.571. The molecule has 1 aromatic carbocycles. The molecule has 0 spiro atoms. The number of furan rings is 1. The van der Waals surface area contributed by atoms with E-state index in [0.717, 1.165) is 16.5 Å². The number of pyridine rings is 1. The largest absolute Gasteiger partial charge is 0.464 e. The van der Waals surface area contributed by atoms with Gasteiger partial charge in [-0.3, -0.25) is 9.59 Å². The molecule has 0 unspecified atom stereocenters. The van der Waals surface area contributed by atoms with Gasteiger partial charge in [-0.05, 0) is 42.8 Å². The average Bonchev–Trinajstić information content (AvgIpc) is 3.32. The molecule has 0 aliphatic rings. The van der Waals surface area contributed by atoms with Gasteiger partial charge in [0.25, 0.3) is 11.8 Å². The maximum atomic E-state index is 12.5. The lowest BCUT2D eigenvalue weighted by Gasteiger charge is -2.03. The number of rotatable bonds is 5. The number of nitrogens with one attached hydrogen (secondary N) is 2. The van der Waals surface area contributed by atoms with Crippen molar-refractivity contribution in [3.05, 3.63) is 71.9 Å². The minimum Gasteiger partial charge on any atom is -0.464 e. The summed E-state index contributed by atoms with van der Waals surface area (Å²) in [6.07, 6.45) is 5.01. The van der Waals surface area contributed by atoms with Crippen molar-refractivity contribution < 1.29 is 14.0 Å². The van der Waals surface area contributed by atoms with E-state index in [0.29, 0.717) is 24.3 Å². The molecule has 0 aliphatic heterocycles. The van der Waals surface area contributed by atoms with Crippen LogP contribution in [0.4, 0.5) is 0 Å². The molecule has 2 amide bonds. The van der Waals surface area contributed by atoms with E-state index in [1.165, 1.54) is 0 Å². The van der Waals surface area contributed by atoms with Gasteiger partial charge in [0.15, 0.2) is 5.65 Å². The van der Waals surface area contributed by atoms with Crippen molar-refractivity contribution in [1.82, 2.24) is 20.0 Å².